The predicted octanol–water partition coefficient (Wildman–Crippen LogP) is 5.50. The molecule has 10 heteroatoms. The molecule has 3 rings (SSSR count). The van der Waals surface area contributed by atoms with Crippen molar-refractivity contribution in [3.05, 3.63) is 75.3 Å². The van der Waals surface area contributed by atoms with Crippen LogP contribution < -0.4 is 10.2 Å². The second-order valence-electron chi connectivity index (χ2n) is 6.51. The van der Waals surface area contributed by atoms with E-state index in [2.05, 4.69) is 5.32 Å². The zero-order valence-corrected chi connectivity index (χ0v) is 16.3. The number of likely N-dealkylation sites (N-methyl/N-ethyl adjacent to an activating group) is 1. The lowest BCUT2D eigenvalue weighted by Gasteiger charge is -2.20. The Morgan fingerprint density at radius 3 is 2.50 bits per heavy atom. The molecule has 0 radical (unpaired) electrons. The fraction of sp³-hybridized carbons (Fsp3) is 0.150. The zero-order chi connectivity index (χ0) is 22.1. The molecule has 0 aliphatic carbocycles. The number of nitro groups is 1. The quantitative estimate of drug-likeness (QED) is 0.422. The monoisotopic (exact) mass is 437 g/mol. The number of halogens is 4. The van der Waals surface area contributed by atoms with Gasteiger partial charge in [0.25, 0.3) is 5.69 Å². The topological polar surface area (TPSA) is 75.5 Å². The number of fused-ring (bicyclic) bond motifs is 1. The summed E-state index contributed by atoms with van der Waals surface area (Å²) >= 11 is 5.70. The summed E-state index contributed by atoms with van der Waals surface area (Å²) in [5, 5.41) is 15.1. The van der Waals surface area contributed by atoms with Gasteiger partial charge in [-0.25, -0.2) is 0 Å². The molecule has 3 aromatic carbocycles. The van der Waals surface area contributed by atoms with Gasteiger partial charge in [-0.1, -0.05) is 48.0 Å². The molecule has 0 atom stereocenters. The standard InChI is InChI=1S/C20H15ClF3N3O3/c1-26(17-10-15(21)14(20(22,23)24)9-18(17)27(29)30)11-19(28)25-16-8-4-6-12-5-2-3-7-13(12)16/h2-10H,11H2,1H3,(H,25,28). The van der Waals surface area contributed by atoms with Crippen LogP contribution in [-0.4, -0.2) is 24.4 Å². The molecule has 0 bridgehead atoms. The van der Waals surface area contributed by atoms with Gasteiger partial charge in [-0.2, -0.15) is 13.2 Å². The minimum atomic E-state index is -4.84. The van der Waals surface area contributed by atoms with Crippen molar-refractivity contribution in [1.29, 1.82) is 0 Å². The molecular weight excluding hydrogens is 423 g/mol. The first kappa shape index (κ1) is 21.4. The van der Waals surface area contributed by atoms with Crippen molar-refractivity contribution < 1.29 is 22.9 Å². The number of rotatable bonds is 5. The lowest BCUT2D eigenvalue weighted by Crippen LogP contribution is -2.30. The molecule has 156 valence electrons. The molecule has 0 heterocycles. The first-order chi connectivity index (χ1) is 14.1. The van der Waals surface area contributed by atoms with E-state index in [0.717, 1.165) is 16.8 Å². The third-order valence-corrected chi connectivity index (χ3v) is 4.73. The van der Waals surface area contributed by atoms with Gasteiger partial charge in [0.15, 0.2) is 0 Å². The van der Waals surface area contributed by atoms with Crippen LogP contribution in [0.5, 0.6) is 0 Å². The van der Waals surface area contributed by atoms with E-state index in [1.807, 2.05) is 30.3 Å². The van der Waals surface area contributed by atoms with Crippen molar-refractivity contribution in [3.63, 3.8) is 0 Å². The number of benzene rings is 3. The SMILES string of the molecule is CN(CC(=O)Nc1cccc2ccccc12)c1cc(Cl)c(C(F)(F)F)cc1[N+](=O)[O-]. The van der Waals surface area contributed by atoms with Crippen molar-refractivity contribution in [1.82, 2.24) is 0 Å². The second-order valence-corrected chi connectivity index (χ2v) is 6.91. The molecule has 30 heavy (non-hydrogen) atoms. The van der Waals surface area contributed by atoms with Crippen molar-refractivity contribution >= 4 is 45.3 Å². The maximum atomic E-state index is 13.0. The van der Waals surface area contributed by atoms with Gasteiger partial charge in [-0.3, -0.25) is 14.9 Å². The molecule has 0 aromatic heterocycles. The Morgan fingerprint density at radius 1 is 1.17 bits per heavy atom. The van der Waals surface area contributed by atoms with Gasteiger partial charge in [0.05, 0.1) is 22.1 Å². The van der Waals surface area contributed by atoms with Crippen molar-refractivity contribution in [3.8, 4) is 0 Å². The Labute approximate surface area is 174 Å². The summed E-state index contributed by atoms with van der Waals surface area (Å²) in [6.45, 7) is -0.342. The highest BCUT2D eigenvalue weighted by Crippen LogP contribution is 2.41. The van der Waals surface area contributed by atoms with E-state index in [1.165, 1.54) is 11.9 Å². The van der Waals surface area contributed by atoms with Crippen molar-refractivity contribution in [2.45, 2.75) is 6.18 Å². The van der Waals surface area contributed by atoms with E-state index < -0.39 is 33.3 Å². The minimum absolute atomic E-state index is 0.203. The maximum absolute atomic E-state index is 13.0. The van der Waals surface area contributed by atoms with Gasteiger partial charge in [0.2, 0.25) is 5.91 Å². The first-order valence-electron chi connectivity index (χ1n) is 8.62. The van der Waals surface area contributed by atoms with E-state index in [-0.39, 0.29) is 12.2 Å². The largest absolute Gasteiger partial charge is 0.418 e. The van der Waals surface area contributed by atoms with Crippen molar-refractivity contribution in [2.24, 2.45) is 0 Å². The van der Waals surface area contributed by atoms with Crippen molar-refractivity contribution in [2.75, 3.05) is 23.8 Å². The molecule has 0 spiro atoms. The molecule has 0 fully saturated rings. The summed E-state index contributed by atoms with van der Waals surface area (Å²) in [4.78, 5) is 24.0. The number of anilines is 2. The van der Waals surface area contributed by atoms with Crippen LogP contribution in [0.2, 0.25) is 5.02 Å². The van der Waals surface area contributed by atoms with Gasteiger partial charge < -0.3 is 10.2 Å². The van der Waals surface area contributed by atoms with E-state index in [9.17, 15) is 28.1 Å². The van der Waals surface area contributed by atoms with Crippen LogP contribution in [0.1, 0.15) is 5.56 Å². The molecular formula is C20H15ClF3N3O3. The van der Waals surface area contributed by atoms with Crippen LogP contribution in [-0.2, 0) is 11.0 Å². The number of hydrogen-bond acceptors (Lipinski definition) is 4. The Bertz CT molecular complexity index is 1130. The third kappa shape index (κ3) is 4.46. The third-order valence-electron chi connectivity index (χ3n) is 4.42. The van der Waals surface area contributed by atoms with Crippen LogP contribution in [0.15, 0.2) is 54.6 Å². The molecule has 0 saturated heterocycles. The molecule has 0 unspecified atom stereocenters. The Kier molecular flexibility index (Phi) is 5.84. The van der Waals surface area contributed by atoms with Gasteiger partial charge in [-0.15, -0.1) is 0 Å². The fourth-order valence-electron chi connectivity index (χ4n) is 3.05. The molecule has 1 N–H and O–H groups in total. The Hall–Kier alpha value is -3.33. The number of nitrogens with zero attached hydrogens (tertiary/aromatic N) is 2. The van der Waals surface area contributed by atoms with E-state index >= 15 is 0 Å². The summed E-state index contributed by atoms with van der Waals surface area (Å²) in [6.07, 6.45) is -4.84. The van der Waals surface area contributed by atoms with Gasteiger partial charge in [0, 0.05) is 24.2 Å². The highest BCUT2D eigenvalue weighted by Gasteiger charge is 2.36. The van der Waals surface area contributed by atoms with Gasteiger partial charge >= 0.3 is 6.18 Å². The molecule has 3 aromatic rings. The van der Waals surface area contributed by atoms with Gasteiger partial charge in [0.1, 0.15) is 5.69 Å². The summed E-state index contributed by atoms with van der Waals surface area (Å²) in [5.41, 5.74) is -1.77. The smallest absolute Gasteiger partial charge is 0.360 e. The van der Waals surface area contributed by atoms with Crippen LogP contribution in [0.4, 0.5) is 30.2 Å². The molecule has 0 aliphatic rings. The van der Waals surface area contributed by atoms with Crippen LogP contribution in [0.3, 0.4) is 0 Å². The first-order valence-corrected chi connectivity index (χ1v) is 8.99. The number of carbonyl (C=O) groups is 1. The average molecular weight is 438 g/mol. The molecule has 6 nitrogen and oxygen atoms in total. The van der Waals surface area contributed by atoms with E-state index in [0.29, 0.717) is 11.8 Å². The molecule has 0 aliphatic heterocycles. The van der Waals surface area contributed by atoms with Gasteiger partial charge in [-0.05, 0) is 17.5 Å². The summed E-state index contributed by atoms with van der Waals surface area (Å²) in [5.74, 6) is -0.501. The fourth-order valence-corrected chi connectivity index (χ4v) is 3.31. The maximum Gasteiger partial charge on any atom is 0.418 e. The minimum Gasteiger partial charge on any atom is -0.360 e. The number of hydrogen-bond donors (Lipinski definition) is 1. The van der Waals surface area contributed by atoms with Crippen LogP contribution >= 0.6 is 11.6 Å². The number of alkyl halides is 3. The summed E-state index contributed by atoms with van der Waals surface area (Å²) < 4.78 is 39.1. The Morgan fingerprint density at radius 2 is 1.83 bits per heavy atom. The number of nitro benzene ring substituents is 1. The highest BCUT2D eigenvalue weighted by atomic mass is 35.5. The zero-order valence-electron chi connectivity index (χ0n) is 15.5. The normalized spacial score (nSPS) is 11.4. The van der Waals surface area contributed by atoms with E-state index in [4.69, 9.17) is 11.6 Å². The highest BCUT2D eigenvalue weighted by molar-refractivity contribution is 6.32. The summed E-state index contributed by atoms with van der Waals surface area (Å²) in [7, 11) is 1.36. The average Bonchev–Trinajstić information content (AvgIpc) is 2.66. The van der Waals surface area contributed by atoms with E-state index in [1.54, 1.807) is 12.1 Å². The summed E-state index contributed by atoms with van der Waals surface area (Å²) in [6, 6.07) is 13.9. The number of carbonyl (C=O) groups excluding carboxylic acids is 1. The van der Waals surface area contributed by atoms with Crippen LogP contribution in [0.25, 0.3) is 10.8 Å². The lowest BCUT2D eigenvalue weighted by molar-refractivity contribution is -0.384. The lowest BCUT2D eigenvalue weighted by atomic mass is 10.1. The predicted molar refractivity (Wildman–Crippen MR) is 109 cm³/mol. The molecule has 0 saturated carbocycles. The number of nitrogens with one attached hydrogen (secondary N) is 1. The number of amides is 1. The second kappa shape index (κ2) is 8.19. The molecule has 1 amide bonds. The Balaban J connectivity index is 1.86. The van der Waals surface area contributed by atoms with Crippen LogP contribution in [0, 0.1) is 10.1 Å².